The van der Waals surface area contributed by atoms with Crippen LogP contribution in [-0.2, 0) is 19.4 Å². The van der Waals surface area contributed by atoms with Crippen molar-refractivity contribution < 1.29 is 0 Å². The van der Waals surface area contributed by atoms with Crippen LogP contribution in [0.25, 0.3) is 5.65 Å². The summed E-state index contributed by atoms with van der Waals surface area (Å²) < 4.78 is 2.01. The lowest BCUT2D eigenvalue weighted by atomic mass is 10.1. The van der Waals surface area contributed by atoms with Crippen molar-refractivity contribution in [3.8, 4) is 0 Å². The van der Waals surface area contributed by atoms with E-state index in [-0.39, 0.29) is 0 Å². The van der Waals surface area contributed by atoms with E-state index in [9.17, 15) is 0 Å². The van der Waals surface area contributed by atoms with Gasteiger partial charge in [0.05, 0.1) is 11.4 Å². The van der Waals surface area contributed by atoms with Crippen LogP contribution in [0.15, 0.2) is 12.3 Å². The highest BCUT2D eigenvalue weighted by molar-refractivity contribution is 5.42. The molecular formula is C11H14N4. The highest BCUT2D eigenvalue weighted by Crippen LogP contribution is 2.15. The second kappa shape index (κ2) is 3.31. The van der Waals surface area contributed by atoms with Gasteiger partial charge >= 0.3 is 0 Å². The topological polar surface area (TPSA) is 42.2 Å². The molecule has 0 bridgehead atoms. The van der Waals surface area contributed by atoms with Gasteiger partial charge in [0.25, 0.3) is 0 Å². The van der Waals surface area contributed by atoms with Crippen LogP contribution in [0, 0.1) is 0 Å². The van der Waals surface area contributed by atoms with Gasteiger partial charge < -0.3 is 5.32 Å². The van der Waals surface area contributed by atoms with Crippen LogP contribution in [0.1, 0.15) is 23.9 Å². The number of hydrogen-bond acceptors (Lipinski definition) is 3. The molecule has 0 spiro atoms. The molecule has 4 heteroatoms. The van der Waals surface area contributed by atoms with Gasteiger partial charge in [-0.15, -0.1) is 0 Å². The van der Waals surface area contributed by atoms with Crippen molar-refractivity contribution in [2.45, 2.75) is 26.3 Å². The van der Waals surface area contributed by atoms with E-state index in [1.54, 1.807) is 0 Å². The van der Waals surface area contributed by atoms with Gasteiger partial charge in [-0.2, -0.15) is 5.10 Å². The molecule has 2 aromatic heterocycles. The van der Waals surface area contributed by atoms with Crippen molar-refractivity contribution in [1.29, 1.82) is 0 Å². The first kappa shape index (κ1) is 8.85. The van der Waals surface area contributed by atoms with E-state index in [0.29, 0.717) is 0 Å². The van der Waals surface area contributed by atoms with E-state index in [1.807, 2.05) is 10.7 Å². The van der Waals surface area contributed by atoms with Crippen LogP contribution < -0.4 is 5.32 Å². The molecular weight excluding hydrogens is 188 g/mol. The zero-order chi connectivity index (χ0) is 10.3. The average Bonchev–Trinajstić information content (AvgIpc) is 2.72. The lowest BCUT2D eigenvalue weighted by Gasteiger charge is -2.16. The average molecular weight is 202 g/mol. The quantitative estimate of drug-likeness (QED) is 0.748. The fourth-order valence-electron chi connectivity index (χ4n) is 2.08. The van der Waals surface area contributed by atoms with Gasteiger partial charge in [0.1, 0.15) is 0 Å². The smallest absolute Gasteiger partial charge is 0.155 e. The van der Waals surface area contributed by atoms with Crippen LogP contribution in [0.5, 0.6) is 0 Å². The Hall–Kier alpha value is -1.42. The predicted molar refractivity (Wildman–Crippen MR) is 57.8 cm³/mol. The third-order valence-corrected chi connectivity index (χ3v) is 2.94. The summed E-state index contributed by atoms with van der Waals surface area (Å²) >= 11 is 0. The first-order chi connectivity index (χ1) is 7.38. The predicted octanol–water partition coefficient (Wildman–Crippen LogP) is 0.937. The third-order valence-electron chi connectivity index (χ3n) is 2.94. The molecule has 2 aromatic rings. The number of aromatic nitrogens is 3. The van der Waals surface area contributed by atoms with Crippen LogP contribution in [0.4, 0.5) is 0 Å². The van der Waals surface area contributed by atoms with Crippen molar-refractivity contribution in [2.75, 3.05) is 6.54 Å². The maximum absolute atomic E-state index is 4.57. The van der Waals surface area contributed by atoms with Gasteiger partial charge in [-0.05, 0) is 6.42 Å². The Labute approximate surface area is 88.3 Å². The highest BCUT2D eigenvalue weighted by Gasteiger charge is 2.14. The maximum Gasteiger partial charge on any atom is 0.155 e. The van der Waals surface area contributed by atoms with Crippen LogP contribution >= 0.6 is 0 Å². The molecule has 3 rings (SSSR count). The summed E-state index contributed by atoms with van der Waals surface area (Å²) in [5.41, 5.74) is 4.69. The molecule has 0 atom stereocenters. The molecule has 0 radical (unpaired) electrons. The van der Waals surface area contributed by atoms with E-state index in [0.717, 1.165) is 37.3 Å². The highest BCUT2D eigenvalue weighted by atomic mass is 15.3. The van der Waals surface area contributed by atoms with Crippen molar-refractivity contribution in [2.24, 2.45) is 0 Å². The molecule has 0 unspecified atom stereocenters. The second-order valence-corrected chi connectivity index (χ2v) is 3.92. The summed E-state index contributed by atoms with van der Waals surface area (Å²) in [6, 6.07) is 2.07. The zero-order valence-corrected chi connectivity index (χ0v) is 8.82. The van der Waals surface area contributed by atoms with E-state index in [2.05, 4.69) is 28.4 Å². The Bertz CT molecular complexity index is 501. The van der Waals surface area contributed by atoms with E-state index in [1.165, 1.54) is 11.3 Å². The molecule has 1 aliphatic rings. The number of nitrogens with one attached hydrogen (secondary N) is 1. The Morgan fingerprint density at radius 1 is 1.53 bits per heavy atom. The molecule has 0 aromatic carbocycles. The first-order valence-corrected chi connectivity index (χ1v) is 5.44. The maximum atomic E-state index is 4.57. The van der Waals surface area contributed by atoms with Gasteiger partial charge in [-0.25, -0.2) is 9.50 Å². The minimum absolute atomic E-state index is 0.916. The molecule has 4 nitrogen and oxygen atoms in total. The number of hydrogen-bond donors (Lipinski definition) is 1. The molecule has 0 aliphatic carbocycles. The second-order valence-electron chi connectivity index (χ2n) is 3.92. The fourth-order valence-corrected chi connectivity index (χ4v) is 2.08. The summed E-state index contributed by atoms with van der Waals surface area (Å²) in [6.45, 7) is 4.07. The monoisotopic (exact) mass is 202 g/mol. The number of nitrogens with zero attached hydrogens (tertiary/aromatic N) is 3. The Kier molecular flexibility index (Phi) is 1.95. The van der Waals surface area contributed by atoms with Gasteiger partial charge in [-0.3, -0.25) is 0 Å². The molecule has 0 saturated heterocycles. The van der Waals surface area contributed by atoms with E-state index in [4.69, 9.17) is 0 Å². The van der Waals surface area contributed by atoms with Gasteiger partial charge in [0.15, 0.2) is 5.65 Å². The summed E-state index contributed by atoms with van der Waals surface area (Å²) in [4.78, 5) is 4.42. The standard InChI is InChI=1S/C11H14N4/c1-2-9-5-11-13-7-8-6-12-4-3-10(8)15(11)14-9/h5,7,12H,2-4,6H2,1H3. The minimum atomic E-state index is 0.916. The Morgan fingerprint density at radius 2 is 2.47 bits per heavy atom. The summed E-state index contributed by atoms with van der Waals surface area (Å²) in [6.07, 6.45) is 3.98. The molecule has 0 amide bonds. The lowest BCUT2D eigenvalue weighted by Crippen LogP contribution is -2.26. The number of aryl methyl sites for hydroxylation is 1. The molecule has 0 fully saturated rings. The lowest BCUT2D eigenvalue weighted by molar-refractivity contribution is 0.608. The Morgan fingerprint density at radius 3 is 3.33 bits per heavy atom. The Balaban J connectivity index is 2.25. The van der Waals surface area contributed by atoms with E-state index < -0.39 is 0 Å². The number of rotatable bonds is 1. The SMILES string of the molecule is CCc1cc2ncc3c(n2n1)CCNC3. The summed E-state index contributed by atoms with van der Waals surface area (Å²) in [7, 11) is 0. The van der Waals surface area contributed by atoms with Crippen LogP contribution in [0.2, 0.25) is 0 Å². The fraction of sp³-hybridized carbons (Fsp3) is 0.455. The number of fused-ring (bicyclic) bond motifs is 3. The van der Waals surface area contributed by atoms with Gasteiger partial charge in [-0.1, -0.05) is 6.92 Å². The molecule has 78 valence electrons. The minimum Gasteiger partial charge on any atom is -0.312 e. The molecule has 0 saturated carbocycles. The van der Waals surface area contributed by atoms with Gasteiger partial charge in [0.2, 0.25) is 0 Å². The van der Waals surface area contributed by atoms with Crippen molar-refractivity contribution in [3.63, 3.8) is 0 Å². The zero-order valence-electron chi connectivity index (χ0n) is 8.82. The normalized spacial score (nSPS) is 15.5. The summed E-state index contributed by atoms with van der Waals surface area (Å²) in [5, 5.41) is 7.92. The first-order valence-electron chi connectivity index (χ1n) is 5.44. The molecule has 15 heavy (non-hydrogen) atoms. The molecule has 1 aliphatic heterocycles. The van der Waals surface area contributed by atoms with Crippen molar-refractivity contribution in [3.05, 3.63) is 29.2 Å². The van der Waals surface area contributed by atoms with Gasteiger partial charge in [0, 0.05) is 37.3 Å². The van der Waals surface area contributed by atoms with Crippen LogP contribution in [-0.4, -0.2) is 21.1 Å². The molecule has 3 heterocycles. The largest absolute Gasteiger partial charge is 0.312 e. The van der Waals surface area contributed by atoms with Crippen molar-refractivity contribution in [1.82, 2.24) is 19.9 Å². The molecule has 1 N–H and O–H groups in total. The summed E-state index contributed by atoms with van der Waals surface area (Å²) in [5.74, 6) is 0. The van der Waals surface area contributed by atoms with Crippen molar-refractivity contribution >= 4 is 5.65 Å². The van der Waals surface area contributed by atoms with Crippen LogP contribution in [0.3, 0.4) is 0 Å². The third kappa shape index (κ3) is 1.33. The van der Waals surface area contributed by atoms with E-state index >= 15 is 0 Å².